The van der Waals surface area contributed by atoms with E-state index >= 15 is 0 Å². The van der Waals surface area contributed by atoms with Crippen molar-refractivity contribution >= 4 is 11.9 Å². The van der Waals surface area contributed by atoms with Crippen LogP contribution in [0.2, 0.25) is 0 Å². The van der Waals surface area contributed by atoms with Crippen LogP contribution in [0.4, 0.5) is 13.2 Å². The zero-order valence-electron chi connectivity index (χ0n) is 10.4. The minimum absolute atomic E-state index is 0.247. The molecule has 0 saturated heterocycles. The van der Waals surface area contributed by atoms with E-state index in [1.54, 1.807) is 30.3 Å². The Kier molecular flexibility index (Phi) is 4.03. The second-order valence-electron chi connectivity index (χ2n) is 4.19. The summed E-state index contributed by atoms with van der Waals surface area (Å²) in [6, 6.07) is 13.4. The van der Waals surface area contributed by atoms with Gasteiger partial charge in [-0.25, -0.2) is 0 Å². The Hall–Kier alpha value is -2.36. The van der Waals surface area contributed by atoms with Crippen molar-refractivity contribution in [1.82, 2.24) is 0 Å². The van der Waals surface area contributed by atoms with Crippen LogP contribution in [0, 0.1) is 0 Å². The summed E-state index contributed by atoms with van der Waals surface area (Å²) in [5, 5.41) is 0. The maximum atomic E-state index is 12.5. The third-order valence-corrected chi connectivity index (χ3v) is 2.70. The largest absolute Gasteiger partial charge is 0.416 e. The van der Waals surface area contributed by atoms with E-state index < -0.39 is 11.7 Å². The number of hydrogen-bond donors (Lipinski definition) is 0. The number of allylic oxidation sites excluding steroid dienone is 1. The smallest absolute Gasteiger partial charge is 0.289 e. The average Bonchev–Trinajstić information content (AvgIpc) is 2.45. The van der Waals surface area contributed by atoms with Crippen LogP contribution in [-0.4, -0.2) is 5.78 Å². The minimum Gasteiger partial charge on any atom is -0.289 e. The van der Waals surface area contributed by atoms with Gasteiger partial charge in [-0.15, -0.1) is 0 Å². The molecule has 2 aromatic rings. The molecule has 0 saturated carbocycles. The van der Waals surface area contributed by atoms with Crippen molar-refractivity contribution in [2.24, 2.45) is 0 Å². The van der Waals surface area contributed by atoms with Gasteiger partial charge in [-0.2, -0.15) is 13.2 Å². The summed E-state index contributed by atoms with van der Waals surface area (Å²) < 4.78 is 37.6. The van der Waals surface area contributed by atoms with E-state index in [9.17, 15) is 18.0 Å². The summed E-state index contributed by atoms with van der Waals surface area (Å²) in [5.41, 5.74) is 0.103. The van der Waals surface area contributed by atoms with E-state index in [1.807, 2.05) is 0 Å². The summed E-state index contributed by atoms with van der Waals surface area (Å²) in [6.45, 7) is 0. The second-order valence-corrected chi connectivity index (χ2v) is 4.19. The van der Waals surface area contributed by atoms with E-state index in [2.05, 4.69) is 0 Å². The lowest BCUT2D eigenvalue weighted by Crippen LogP contribution is -2.04. The molecule has 0 bridgehead atoms. The molecule has 2 aromatic carbocycles. The molecule has 0 aliphatic heterocycles. The van der Waals surface area contributed by atoms with Crippen molar-refractivity contribution in [3.05, 3.63) is 77.4 Å². The molecule has 102 valence electrons. The Morgan fingerprint density at radius 1 is 0.950 bits per heavy atom. The zero-order chi connectivity index (χ0) is 14.6. The van der Waals surface area contributed by atoms with Crippen LogP contribution in [0.3, 0.4) is 0 Å². The van der Waals surface area contributed by atoms with Gasteiger partial charge in [-0.3, -0.25) is 4.79 Å². The first-order valence-electron chi connectivity index (χ1n) is 5.91. The summed E-state index contributed by atoms with van der Waals surface area (Å²) in [4.78, 5) is 11.8. The SMILES string of the molecule is O=C(/C=C\c1cccc(C(F)(F)F)c1)c1ccccc1. The van der Waals surface area contributed by atoms with Gasteiger partial charge in [0.05, 0.1) is 5.56 Å². The monoisotopic (exact) mass is 276 g/mol. The van der Waals surface area contributed by atoms with E-state index in [1.165, 1.54) is 24.3 Å². The quantitative estimate of drug-likeness (QED) is 0.591. The molecule has 1 nitrogen and oxygen atoms in total. The van der Waals surface area contributed by atoms with Crippen LogP contribution in [-0.2, 0) is 6.18 Å². The molecule has 20 heavy (non-hydrogen) atoms. The van der Waals surface area contributed by atoms with E-state index in [0.717, 1.165) is 12.1 Å². The summed E-state index contributed by atoms with van der Waals surface area (Å²) >= 11 is 0. The topological polar surface area (TPSA) is 17.1 Å². The van der Waals surface area contributed by atoms with Crippen LogP contribution in [0.5, 0.6) is 0 Å². The first-order chi connectivity index (χ1) is 9.47. The molecule has 0 aromatic heterocycles. The molecular formula is C16H11F3O. The minimum atomic E-state index is -4.38. The molecule has 0 aliphatic carbocycles. The Labute approximate surface area is 114 Å². The second kappa shape index (κ2) is 5.74. The molecule has 0 radical (unpaired) electrons. The van der Waals surface area contributed by atoms with Crippen molar-refractivity contribution < 1.29 is 18.0 Å². The Morgan fingerprint density at radius 3 is 2.30 bits per heavy atom. The lowest BCUT2D eigenvalue weighted by atomic mass is 10.1. The molecule has 4 heteroatoms. The van der Waals surface area contributed by atoms with E-state index in [4.69, 9.17) is 0 Å². The number of halogens is 3. The first kappa shape index (κ1) is 14.1. The predicted octanol–water partition coefficient (Wildman–Crippen LogP) is 4.60. The van der Waals surface area contributed by atoms with Crippen molar-refractivity contribution in [3.63, 3.8) is 0 Å². The molecule has 0 N–H and O–H groups in total. The van der Waals surface area contributed by atoms with Gasteiger partial charge in [0.15, 0.2) is 5.78 Å². The van der Waals surface area contributed by atoms with Crippen LogP contribution in [0.1, 0.15) is 21.5 Å². The van der Waals surface area contributed by atoms with E-state index in [0.29, 0.717) is 11.1 Å². The Bertz CT molecular complexity index is 628. The number of carbonyl (C=O) groups is 1. The standard InChI is InChI=1S/C16H11F3O/c17-16(18,19)14-8-4-5-12(11-14)9-10-15(20)13-6-2-1-3-7-13/h1-11H/b10-9-. The van der Waals surface area contributed by atoms with Crippen LogP contribution in [0.15, 0.2) is 60.7 Å². The Balaban J connectivity index is 2.18. The maximum absolute atomic E-state index is 12.5. The summed E-state index contributed by atoms with van der Waals surface area (Å²) in [6.07, 6.45) is -1.73. The lowest BCUT2D eigenvalue weighted by molar-refractivity contribution is -0.137. The molecule has 0 fully saturated rings. The lowest BCUT2D eigenvalue weighted by Gasteiger charge is -2.06. The third kappa shape index (κ3) is 3.57. The van der Waals surface area contributed by atoms with Crippen molar-refractivity contribution in [3.8, 4) is 0 Å². The maximum Gasteiger partial charge on any atom is 0.416 e. The van der Waals surface area contributed by atoms with Crippen molar-refractivity contribution in [1.29, 1.82) is 0 Å². The molecule has 0 aliphatic rings. The number of alkyl halides is 3. The highest BCUT2D eigenvalue weighted by Crippen LogP contribution is 2.29. The molecule has 0 spiro atoms. The Morgan fingerprint density at radius 2 is 1.65 bits per heavy atom. The molecule has 0 unspecified atom stereocenters. The average molecular weight is 276 g/mol. The van der Waals surface area contributed by atoms with Gasteiger partial charge >= 0.3 is 6.18 Å². The van der Waals surface area contributed by atoms with Crippen LogP contribution in [0.25, 0.3) is 6.08 Å². The number of benzene rings is 2. The normalized spacial score (nSPS) is 11.8. The fourth-order valence-electron chi connectivity index (χ4n) is 1.69. The number of carbonyl (C=O) groups excluding carboxylic acids is 1. The summed E-state index contributed by atoms with van der Waals surface area (Å²) in [5.74, 6) is -0.247. The highest BCUT2D eigenvalue weighted by molar-refractivity contribution is 6.06. The van der Waals surface area contributed by atoms with Gasteiger partial charge in [0.25, 0.3) is 0 Å². The fraction of sp³-hybridized carbons (Fsp3) is 0.0625. The summed E-state index contributed by atoms with van der Waals surface area (Å²) in [7, 11) is 0. The highest BCUT2D eigenvalue weighted by Gasteiger charge is 2.30. The van der Waals surface area contributed by atoms with E-state index in [-0.39, 0.29) is 5.78 Å². The van der Waals surface area contributed by atoms with Gasteiger partial charge < -0.3 is 0 Å². The number of hydrogen-bond acceptors (Lipinski definition) is 1. The van der Waals surface area contributed by atoms with Crippen LogP contribution < -0.4 is 0 Å². The number of rotatable bonds is 3. The highest BCUT2D eigenvalue weighted by atomic mass is 19.4. The van der Waals surface area contributed by atoms with Gasteiger partial charge in [0.1, 0.15) is 0 Å². The van der Waals surface area contributed by atoms with Crippen molar-refractivity contribution in [2.45, 2.75) is 6.18 Å². The molecular weight excluding hydrogens is 265 g/mol. The van der Waals surface area contributed by atoms with Gasteiger partial charge in [0.2, 0.25) is 0 Å². The molecule has 2 rings (SSSR count). The number of ketones is 1. The fourth-order valence-corrected chi connectivity index (χ4v) is 1.69. The van der Waals surface area contributed by atoms with Gasteiger partial charge in [-0.1, -0.05) is 48.5 Å². The molecule has 0 amide bonds. The van der Waals surface area contributed by atoms with Crippen LogP contribution >= 0.6 is 0 Å². The van der Waals surface area contributed by atoms with Crippen molar-refractivity contribution in [2.75, 3.05) is 0 Å². The van der Waals surface area contributed by atoms with Gasteiger partial charge in [0, 0.05) is 5.56 Å². The predicted molar refractivity (Wildman–Crippen MR) is 71.3 cm³/mol. The first-order valence-corrected chi connectivity index (χ1v) is 5.91. The molecule has 0 heterocycles. The zero-order valence-corrected chi connectivity index (χ0v) is 10.4. The van der Waals surface area contributed by atoms with Gasteiger partial charge in [-0.05, 0) is 23.8 Å². The molecule has 0 atom stereocenters. The third-order valence-electron chi connectivity index (χ3n) is 2.70.